The summed E-state index contributed by atoms with van der Waals surface area (Å²) in [4.78, 5) is 27.1. The predicted molar refractivity (Wildman–Crippen MR) is 110 cm³/mol. The van der Waals surface area contributed by atoms with Crippen LogP contribution in [0, 0.1) is 0 Å². The number of carboxylic acids is 1. The first-order valence-electron chi connectivity index (χ1n) is 8.98. The third kappa shape index (κ3) is 4.01. The Morgan fingerprint density at radius 3 is 2.07 bits per heavy atom. The molecule has 0 aromatic heterocycles. The number of para-hydroxylation sites is 1. The van der Waals surface area contributed by atoms with E-state index in [1.165, 1.54) is 4.90 Å². The first-order valence-corrected chi connectivity index (χ1v) is 8.98. The van der Waals surface area contributed by atoms with Crippen LogP contribution >= 0.6 is 0 Å². The van der Waals surface area contributed by atoms with Crippen molar-refractivity contribution in [3.63, 3.8) is 0 Å². The van der Waals surface area contributed by atoms with Crippen LogP contribution in [0.5, 0.6) is 0 Å². The number of benzene rings is 3. The maximum atomic E-state index is 13.5. The number of allylic oxidation sites excluding steroid dienone is 1. The van der Waals surface area contributed by atoms with Crippen LogP contribution in [0.1, 0.15) is 27.5 Å². The van der Waals surface area contributed by atoms with E-state index in [4.69, 9.17) is 0 Å². The summed E-state index contributed by atoms with van der Waals surface area (Å²) >= 11 is 0. The van der Waals surface area contributed by atoms with Gasteiger partial charge in [0, 0.05) is 11.3 Å². The Morgan fingerprint density at radius 1 is 0.893 bits per heavy atom. The second kappa shape index (κ2) is 8.82. The van der Waals surface area contributed by atoms with Crippen LogP contribution in [0.4, 0.5) is 5.69 Å². The van der Waals surface area contributed by atoms with Gasteiger partial charge in [0.2, 0.25) is 0 Å². The summed E-state index contributed by atoms with van der Waals surface area (Å²) < 4.78 is 0. The molecule has 0 unspecified atom stereocenters. The van der Waals surface area contributed by atoms with E-state index in [1.807, 2.05) is 24.3 Å². The molecule has 0 aliphatic carbocycles. The van der Waals surface area contributed by atoms with Gasteiger partial charge in [-0.1, -0.05) is 72.8 Å². The van der Waals surface area contributed by atoms with Crippen LogP contribution in [0.3, 0.4) is 0 Å². The third-order valence-corrected chi connectivity index (χ3v) is 4.46. The molecule has 1 atom stereocenters. The Hall–Kier alpha value is -3.66. The molecule has 140 valence electrons. The molecule has 0 spiro atoms. The Bertz CT molecular complexity index is 967. The summed E-state index contributed by atoms with van der Waals surface area (Å²) in [5, 5.41) is 10.1. The monoisotopic (exact) mass is 371 g/mol. The SMILES string of the molecule is C=CCc1ccccc1N(C(=O)c1ccccc1)[C@H](C(=O)O)c1ccccc1. The van der Waals surface area contributed by atoms with E-state index in [0.29, 0.717) is 23.2 Å². The molecule has 0 heterocycles. The summed E-state index contributed by atoms with van der Waals surface area (Å²) in [6, 6.07) is 23.7. The molecule has 0 saturated heterocycles. The average molecular weight is 371 g/mol. The summed E-state index contributed by atoms with van der Waals surface area (Å²) in [6.45, 7) is 3.78. The van der Waals surface area contributed by atoms with Crippen LogP contribution in [-0.4, -0.2) is 17.0 Å². The van der Waals surface area contributed by atoms with E-state index < -0.39 is 12.0 Å². The van der Waals surface area contributed by atoms with Crippen LogP contribution < -0.4 is 4.90 Å². The normalized spacial score (nSPS) is 11.4. The molecular weight excluding hydrogens is 350 g/mol. The molecule has 3 aromatic rings. The van der Waals surface area contributed by atoms with Gasteiger partial charge in [-0.2, -0.15) is 0 Å². The second-order valence-corrected chi connectivity index (χ2v) is 6.31. The fraction of sp³-hybridized carbons (Fsp3) is 0.0833. The zero-order valence-corrected chi connectivity index (χ0v) is 15.4. The quantitative estimate of drug-likeness (QED) is 0.602. The van der Waals surface area contributed by atoms with E-state index in [2.05, 4.69) is 6.58 Å². The number of anilines is 1. The van der Waals surface area contributed by atoms with Crippen molar-refractivity contribution in [3.8, 4) is 0 Å². The van der Waals surface area contributed by atoms with Crippen molar-refractivity contribution < 1.29 is 14.7 Å². The minimum Gasteiger partial charge on any atom is -0.479 e. The zero-order valence-electron chi connectivity index (χ0n) is 15.4. The van der Waals surface area contributed by atoms with Gasteiger partial charge in [-0.25, -0.2) is 4.79 Å². The molecule has 4 nitrogen and oxygen atoms in total. The molecule has 0 saturated carbocycles. The van der Waals surface area contributed by atoms with Gasteiger partial charge in [0.15, 0.2) is 6.04 Å². The van der Waals surface area contributed by atoms with Crippen molar-refractivity contribution >= 4 is 17.6 Å². The lowest BCUT2D eigenvalue weighted by atomic mass is 10.00. The molecule has 3 rings (SSSR count). The Kier molecular flexibility index (Phi) is 6.02. The molecule has 0 aliphatic heterocycles. The molecule has 0 radical (unpaired) electrons. The number of nitrogens with zero attached hydrogens (tertiary/aromatic N) is 1. The van der Waals surface area contributed by atoms with Crippen molar-refractivity contribution in [2.24, 2.45) is 0 Å². The Balaban J connectivity index is 2.21. The van der Waals surface area contributed by atoms with Gasteiger partial charge in [-0.05, 0) is 35.7 Å². The van der Waals surface area contributed by atoms with E-state index in [-0.39, 0.29) is 5.91 Å². The van der Waals surface area contributed by atoms with Gasteiger partial charge < -0.3 is 5.11 Å². The molecule has 28 heavy (non-hydrogen) atoms. The summed E-state index contributed by atoms with van der Waals surface area (Å²) in [6.07, 6.45) is 2.26. The number of aliphatic carboxylic acids is 1. The molecule has 0 bridgehead atoms. The van der Waals surface area contributed by atoms with Crippen LogP contribution in [0.2, 0.25) is 0 Å². The fourth-order valence-corrected chi connectivity index (χ4v) is 3.20. The lowest BCUT2D eigenvalue weighted by Crippen LogP contribution is -2.39. The molecule has 1 amide bonds. The highest BCUT2D eigenvalue weighted by Crippen LogP contribution is 2.32. The van der Waals surface area contributed by atoms with Crippen molar-refractivity contribution in [2.75, 3.05) is 4.90 Å². The van der Waals surface area contributed by atoms with E-state index in [0.717, 1.165) is 5.56 Å². The molecular formula is C24H21NO3. The van der Waals surface area contributed by atoms with E-state index >= 15 is 0 Å². The molecule has 4 heteroatoms. The van der Waals surface area contributed by atoms with Crippen LogP contribution in [-0.2, 0) is 11.2 Å². The van der Waals surface area contributed by atoms with Crippen molar-refractivity contribution in [1.82, 2.24) is 0 Å². The molecule has 3 aromatic carbocycles. The number of rotatable bonds is 7. The highest BCUT2D eigenvalue weighted by atomic mass is 16.4. The van der Waals surface area contributed by atoms with Gasteiger partial charge in [-0.15, -0.1) is 6.58 Å². The molecule has 0 aliphatic rings. The fourth-order valence-electron chi connectivity index (χ4n) is 3.20. The number of amides is 1. The maximum absolute atomic E-state index is 13.5. The smallest absolute Gasteiger partial charge is 0.331 e. The number of carboxylic acid groups (broad SMARTS) is 1. The van der Waals surface area contributed by atoms with Gasteiger partial charge >= 0.3 is 5.97 Å². The third-order valence-electron chi connectivity index (χ3n) is 4.46. The maximum Gasteiger partial charge on any atom is 0.331 e. The van der Waals surface area contributed by atoms with Crippen LogP contribution in [0.25, 0.3) is 0 Å². The second-order valence-electron chi connectivity index (χ2n) is 6.31. The first-order chi connectivity index (χ1) is 13.6. The Morgan fingerprint density at radius 2 is 1.46 bits per heavy atom. The summed E-state index contributed by atoms with van der Waals surface area (Å²) in [5.41, 5.74) is 2.36. The van der Waals surface area contributed by atoms with Gasteiger partial charge in [0.05, 0.1) is 0 Å². The summed E-state index contributed by atoms with van der Waals surface area (Å²) in [5.74, 6) is -1.46. The predicted octanol–water partition coefficient (Wildman–Crippen LogP) is 4.89. The number of hydrogen-bond donors (Lipinski definition) is 1. The minimum absolute atomic E-state index is 0.367. The van der Waals surface area contributed by atoms with Gasteiger partial charge in [0.1, 0.15) is 0 Å². The van der Waals surface area contributed by atoms with Gasteiger partial charge in [0.25, 0.3) is 5.91 Å². The number of carbonyl (C=O) groups is 2. The van der Waals surface area contributed by atoms with Crippen molar-refractivity contribution in [3.05, 3.63) is 114 Å². The van der Waals surface area contributed by atoms with E-state index in [9.17, 15) is 14.7 Å². The molecule has 1 N–H and O–H groups in total. The largest absolute Gasteiger partial charge is 0.479 e. The standard InChI is InChI=1S/C24H21NO3/c1-2-11-18-12-9-10-17-21(18)25(23(26)20-15-7-4-8-16-20)22(24(27)28)19-13-5-3-6-14-19/h2-10,12-17,22H,1,11H2,(H,27,28)/t22-/m0/s1. The lowest BCUT2D eigenvalue weighted by Gasteiger charge is -2.31. The number of hydrogen-bond acceptors (Lipinski definition) is 2. The minimum atomic E-state index is -1.15. The van der Waals surface area contributed by atoms with Crippen LogP contribution in [0.15, 0.2) is 97.6 Å². The lowest BCUT2D eigenvalue weighted by molar-refractivity contribution is -0.138. The number of carbonyl (C=O) groups excluding carboxylic acids is 1. The van der Waals surface area contributed by atoms with Crippen molar-refractivity contribution in [1.29, 1.82) is 0 Å². The Labute approximate surface area is 164 Å². The first kappa shape index (κ1) is 19.1. The van der Waals surface area contributed by atoms with Gasteiger partial charge in [-0.3, -0.25) is 9.69 Å². The highest BCUT2D eigenvalue weighted by Gasteiger charge is 2.34. The topological polar surface area (TPSA) is 57.6 Å². The zero-order chi connectivity index (χ0) is 19.9. The summed E-state index contributed by atoms with van der Waals surface area (Å²) in [7, 11) is 0. The van der Waals surface area contributed by atoms with E-state index in [1.54, 1.807) is 66.7 Å². The average Bonchev–Trinajstić information content (AvgIpc) is 2.73. The highest BCUT2D eigenvalue weighted by molar-refractivity contribution is 6.09. The van der Waals surface area contributed by atoms with Crippen molar-refractivity contribution in [2.45, 2.75) is 12.5 Å². The molecule has 0 fully saturated rings.